The van der Waals surface area contributed by atoms with Crippen LogP contribution in [0, 0.1) is 15.9 Å². The van der Waals surface area contributed by atoms with Gasteiger partial charge in [-0.2, -0.15) is 0 Å². The van der Waals surface area contributed by atoms with E-state index < -0.39 is 28.9 Å². The molecule has 2 aromatic rings. The first-order valence-electron chi connectivity index (χ1n) is 7.02. The highest BCUT2D eigenvalue weighted by atomic mass is 35.5. The van der Waals surface area contributed by atoms with E-state index in [1.807, 2.05) is 0 Å². The minimum absolute atomic E-state index is 0.234. The third-order valence-corrected chi connectivity index (χ3v) is 4.05. The summed E-state index contributed by atoms with van der Waals surface area (Å²) in [6, 6.07) is 7.95. The fourth-order valence-electron chi connectivity index (χ4n) is 1.97. The van der Waals surface area contributed by atoms with E-state index in [0.717, 1.165) is 23.8 Å². The molecule has 9 heteroatoms. The largest absolute Gasteiger partial charge is 0.481 e. The molecule has 0 spiro atoms. The molecule has 0 aromatic heterocycles. The Balaban J connectivity index is 1.95. The Morgan fingerprint density at radius 2 is 1.96 bits per heavy atom. The van der Waals surface area contributed by atoms with Crippen molar-refractivity contribution in [2.45, 2.75) is 6.54 Å². The molecule has 6 nitrogen and oxygen atoms in total. The van der Waals surface area contributed by atoms with Crippen molar-refractivity contribution in [3.8, 4) is 5.75 Å². The molecule has 2 rings (SSSR count). The summed E-state index contributed by atoms with van der Waals surface area (Å²) < 4.78 is 18.8. The standard InChI is InChI=1S/C16H13Cl2FN2O4/c1-20(8-10-2-4-12(17)13(18)6-10)16(22)9-25-15-5-3-11(21(23)24)7-14(15)19/h2-7H,8-9H2,1H3. The predicted octanol–water partition coefficient (Wildman–Crippen LogP) is 4.08. The number of amides is 1. The van der Waals surface area contributed by atoms with Crippen LogP contribution in [0.1, 0.15) is 5.56 Å². The van der Waals surface area contributed by atoms with Gasteiger partial charge in [0.2, 0.25) is 0 Å². The van der Waals surface area contributed by atoms with Gasteiger partial charge in [0.1, 0.15) is 0 Å². The van der Waals surface area contributed by atoms with Gasteiger partial charge in [0.05, 0.1) is 21.0 Å². The minimum atomic E-state index is -0.908. The number of rotatable bonds is 6. The zero-order valence-corrected chi connectivity index (χ0v) is 14.6. The summed E-state index contributed by atoms with van der Waals surface area (Å²) in [4.78, 5) is 23.3. The summed E-state index contributed by atoms with van der Waals surface area (Å²) in [6.07, 6.45) is 0. The SMILES string of the molecule is CN(Cc1ccc(Cl)c(Cl)c1)C(=O)COc1ccc([N+](=O)[O-])cc1F. The zero-order valence-electron chi connectivity index (χ0n) is 13.0. The van der Waals surface area contributed by atoms with Gasteiger partial charge in [0, 0.05) is 19.7 Å². The maximum atomic E-state index is 13.7. The van der Waals surface area contributed by atoms with Gasteiger partial charge in [0.25, 0.3) is 11.6 Å². The van der Waals surface area contributed by atoms with Crippen LogP contribution in [-0.4, -0.2) is 29.4 Å². The number of nitro groups is 1. The number of nitro benzene ring substituents is 1. The Morgan fingerprint density at radius 3 is 2.56 bits per heavy atom. The lowest BCUT2D eigenvalue weighted by Gasteiger charge is -2.18. The van der Waals surface area contributed by atoms with Crippen molar-refractivity contribution in [3.05, 3.63) is 67.9 Å². The van der Waals surface area contributed by atoms with Crippen molar-refractivity contribution in [2.75, 3.05) is 13.7 Å². The van der Waals surface area contributed by atoms with Gasteiger partial charge < -0.3 is 9.64 Å². The quantitative estimate of drug-likeness (QED) is 0.553. The average molecular weight is 387 g/mol. The number of non-ortho nitro benzene ring substituents is 1. The number of carbonyl (C=O) groups excluding carboxylic acids is 1. The normalized spacial score (nSPS) is 10.4. The van der Waals surface area contributed by atoms with E-state index in [0.29, 0.717) is 10.0 Å². The molecule has 25 heavy (non-hydrogen) atoms. The Bertz CT molecular complexity index is 817. The monoisotopic (exact) mass is 386 g/mol. The number of hydrogen-bond donors (Lipinski definition) is 0. The van der Waals surface area contributed by atoms with Crippen molar-refractivity contribution in [2.24, 2.45) is 0 Å². The molecule has 0 N–H and O–H groups in total. The molecule has 0 aliphatic carbocycles. The summed E-state index contributed by atoms with van der Waals surface area (Å²) in [6.45, 7) is -0.144. The Kier molecular flexibility index (Phi) is 6.17. The van der Waals surface area contributed by atoms with Crippen LogP contribution in [0.15, 0.2) is 36.4 Å². The van der Waals surface area contributed by atoms with Crippen molar-refractivity contribution >= 4 is 34.8 Å². The lowest BCUT2D eigenvalue weighted by atomic mass is 10.2. The van der Waals surface area contributed by atoms with Gasteiger partial charge in [-0.25, -0.2) is 4.39 Å². The Hall–Kier alpha value is -2.38. The van der Waals surface area contributed by atoms with Crippen LogP contribution < -0.4 is 4.74 Å². The first-order chi connectivity index (χ1) is 11.8. The van der Waals surface area contributed by atoms with Crippen LogP contribution in [0.2, 0.25) is 10.0 Å². The third kappa shape index (κ3) is 5.04. The molecule has 0 unspecified atom stereocenters. The van der Waals surface area contributed by atoms with Crippen LogP contribution in [-0.2, 0) is 11.3 Å². The van der Waals surface area contributed by atoms with E-state index in [-0.39, 0.29) is 12.3 Å². The van der Waals surface area contributed by atoms with Gasteiger partial charge in [-0.05, 0) is 23.8 Å². The second-order valence-corrected chi connectivity index (χ2v) is 5.97. The molecule has 0 bridgehead atoms. The molecular formula is C16H13Cl2FN2O4. The molecular weight excluding hydrogens is 374 g/mol. The molecule has 2 aromatic carbocycles. The molecule has 0 atom stereocenters. The predicted molar refractivity (Wildman–Crippen MR) is 91.5 cm³/mol. The Labute approximate surface area is 152 Å². The second-order valence-electron chi connectivity index (χ2n) is 5.16. The van der Waals surface area contributed by atoms with Crippen molar-refractivity contribution in [1.29, 1.82) is 0 Å². The van der Waals surface area contributed by atoms with Crippen molar-refractivity contribution in [3.63, 3.8) is 0 Å². The van der Waals surface area contributed by atoms with Crippen LogP contribution in [0.4, 0.5) is 10.1 Å². The maximum absolute atomic E-state index is 13.7. The molecule has 0 saturated heterocycles. The maximum Gasteiger partial charge on any atom is 0.272 e. The number of nitrogens with zero attached hydrogens (tertiary/aromatic N) is 2. The second kappa shape index (κ2) is 8.13. The topological polar surface area (TPSA) is 72.7 Å². The highest BCUT2D eigenvalue weighted by molar-refractivity contribution is 6.42. The number of halogens is 3. The summed E-state index contributed by atoms with van der Waals surface area (Å²) in [5.41, 5.74) is 0.375. The molecule has 132 valence electrons. The Morgan fingerprint density at radius 1 is 1.24 bits per heavy atom. The van der Waals surface area contributed by atoms with Gasteiger partial charge >= 0.3 is 0 Å². The number of ether oxygens (including phenoxy) is 1. The molecule has 0 aliphatic heterocycles. The molecule has 0 fully saturated rings. The molecule has 0 aliphatic rings. The fraction of sp³-hybridized carbons (Fsp3) is 0.188. The summed E-state index contributed by atoms with van der Waals surface area (Å²) in [7, 11) is 1.56. The van der Waals surface area contributed by atoms with E-state index >= 15 is 0 Å². The highest BCUT2D eigenvalue weighted by Crippen LogP contribution is 2.24. The first kappa shape index (κ1) is 19.0. The lowest BCUT2D eigenvalue weighted by molar-refractivity contribution is -0.385. The highest BCUT2D eigenvalue weighted by Gasteiger charge is 2.15. The number of carbonyl (C=O) groups is 1. The number of hydrogen-bond acceptors (Lipinski definition) is 4. The summed E-state index contributed by atoms with van der Waals surface area (Å²) in [5, 5.41) is 11.4. The number of benzene rings is 2. The first-order valence-corrected chi connectivity index (χ1v) is 7.78. The average Bonchev–Trinajstić information content (AvgIpc) is 2.56. The van der Waals surface area contributed by atoms with Crippen LogP contribution in [0.3, 0.4) is 0 Å². The van der Waals surface area contributed by atoms with E-state index in [4.69, 9.17) is 27.9 Å². The smallest absolute Gasteiger partial charge is 0.272 e. The molecule has 0 heterocycles. The summed E-state index contributed by atoms with van der Waals surface area (Å²) in [5.74, 6) is -1.54. The van der Waals surface area contributed by atoms with Crippen molar-refractivity contribution in [1.82, 2.24) is 4.90 Å². The van der Waals surface area contributed by atoms with Crippen molar-refractivity contribution < 1.29 is 18.8 Å². The van der Waals surface area contributed by atoms with E-state index in [1.165, 1.54) is 4.90 Å². The van der Waals surface area contributed by atoms with Gasteiger partial charge in [-0.15, -0.1) is 0 Å². The van der Waals surface area contributed by atoms with Crippen LogP contribution in [0.5, 0.6) is 5.75 Å². The van der Waals surface area contributed by atoms with Crippen LogP contribution >= 0.6 is 23.2 Å². The molecule has 0 saturated carbocycles. The fourth-order valence-corrected chi connectivity index (χ4v) is 2.29. The number of likely N-dealkylation sites (N-methyl/N-ethyl adjacent to an activating group) is 1. The van der Waals surface area contributed by atoms with Gasteiger partial charge in [-0.3, -0.25) is 14.9 Å². The molecule has 1 amide bonds. The zero-order chi connectivity index (χ0) is 18.6. The van der Waals surface area contributed by atoms with E-state index in [1.54, 1.807) is 25.2 Å². The lowest BCUT2D eigenvalue weighted by Crippen LogP contribution is -2.31. The van der Waals surface area contributed by atoms with Gasteiger partial charge in [-0.1, -0.05) is 29.3 Å². The van der Waals surface area contributed by atoms with Crippen LogP contribution in [0.25, 0.3) is 0 Å². The van der Waals surface area contributed by atoms with E-state index in [2.05, 4.69) is 0 Å². The molecule has 0 radical (unpaired) electrons. The third-order valence-electron chi connectivity index (χ3n) is 3.31. The van der Waals surface area contributed by atoms with Gasteiger partial charge in [0.15, 0.2) is 18.2 Å². The summed E-state index contributed by atoms with van der Waals surface area (Å²) >= 11 is 11.8. The minimum Gasteiger partial charge on any atom is -0.481 e. The van der Waals surface area contributed by atoms with E-state index in [9.17, 15) is 19.3 Å².